The summed E-state index contributed by atoms with van der Waals surface area (Å²) in [7, 11) is -13.6. The third kappa shape index (κ3) is 7.99. The fraction of sp³-hybridized carbons (Fsp3) is 0.150. The van der Waals surface area contributed by atoms with Crippen molar-refractivity contribution in [1.29, 1.82) is 0 Å². The lowest BCUT2D eigenvalue weighted by molar-refractivity contribution is -0.113. The molecule has 20 heteroatoms. The molecule has 0 saturated heterocycles. The number of H-pyrrole nitrogens is 1. The van der Waals surface area contributed by atoms with Gasteiger partial charge < -0.3 is 0 Å². The summed E-state index contributed by atoms with van der Waals surface area (Å²) in [4.78, 5) is 16.5. The molecule has 0 saturated carbocycles. The maximum Gasteiger partial charge on any atom is 0.397 e. The predicted molar refractivity (Wildman–Crippen MR) is 138 cm³/mol. The first kappa shape index (κ1) is 31.0. The molecule has 3 aromatic rings. The quantitative estimate of drug-likeness (QED) is 0.0494. The molecule has 0 amide bonds. The van der Waals surface area contributed by atoms with E-state index in [1.54, 1.807) is 6.11 Å². The van der Waals surface area contributed by atoms with E-state index in [0.717, 1.165) is 22.9 Å². The van der Waals surface area contributed by atoms with Crippen molar-refractivity contribution in [2.75, 3.05) is 12.4 Å². The molecule has 0 fully saturated rings. The molecule has 0 atom stereocenters. The van der Waals surface area contributed by atoms with Crippen molar-refractivity contribution in [3.05, 3.63) is 58.5 Å². The van der Waals surface area contributed by atoms with Crippen molar-refractivity contribution < 1.29 is 47.8 Å². The minimum absolute atomic E-state index is 0.179. The van der Waals surface area contributed by atoms with Gasteiger partial charge in [0.25, 0.3) is 15.7 Å². The van der Waals surface area contributed by atoms with E-state index in [-0.39, 0.29) is 32.5 Å². The van der Waals surface area contributed by atoms with Crippen LogP contribution in [-0.2, 0) is 43.8 Å². The van der Waals surface area contributed by atoms with Gasteiger partial charge in [-0.25, -0.2) is 17.3 Å². The summed E-state index contributed by atoms with van der Waals surface area (Å²) in [6, 6.07) is 8.47. The molecule has 0 aliphatic carbocycles. The van der Waals surface area contributed by atoms with E-state index in [4.69, 9.17) is 11.0 Å². The van der Waals surface area contributed by atoms with Gasteiger partial charge in [0.05, 0.1) is 40.7 Å². The number of hydrogen-bond donors (Lipinski definition) is 3. The minimum Gasteiger partial charge on any atom is -0.293 e. The van der Waals surface area contributed by atoms with Crippen LogP contribution in [0.1, 0.15) is 5.69 Å². The number of benzene rings is 2. The maximum atomic E-state index is 13.0. The minimum atomic E-state index is -4.80. The zero-order valence-electron chi connectivity index (χ0n) is 20.0. The van der Waals surface area contributed by atoms with Crippen LogP contribution < -0.4 is 5.56 Å². The van der Waals surface area contributed by atoms with Crippen molar-refractivity contribution >= 4 is 53.8 Å². The van der Waals surface area contributed by atoms with E-state index in [2.05, 4.69) is 28.7 Å². The van der Waals surface area contributed by atoms with Gasteiger partial charge in [0.2, 0.25) is 0 Å². The maximum absolute atomic E-state index is 13.0. The molecule has 0 radical (unpaired) electrons. The van der Waals surface area contributed by atoms with Gasteiger partial charge in [-0.3, -0.25) is 23.9 Å². The topological polar surface area (TPSA) is 233 Å². The first-order valence-electron chi connectivity index (χ1n) is 10.4. The van der Waals surface area contributed by atoms with Crippen LogP contribution >= 0.6 is 12.0 Å². The smallest absolute Gasteiger partial charge is 0.293 e. The van der Waals surface area contributed by atoms with Gasteiger partial charge in [-0.1, -0.05) is 10.8 Å². The van der Waals surface area contributed by atoms with E-state index in [9.17, 15) is 34.6 Å². The molecule has 0 aliphatic rings. The summed E-state index contributed by atoms with van der Waals surface area (Å²) in [5.74, 6) is -0.741. The summed E-state index contributed by atoms with van der Waals surface area (Å²) in [5.41, 5.74) is -0.836. The number of terminal acetylenes is 1. The first-order chi connectivity index (χ1) is 18.6. The Kier molecular flexibility index (Phi) is 9.54. The summed E-state index contributed by atoms with van der Waals surface area (Å²) in [5, 5.41) is 10.3. The number of azo groups is 1. The van der Waals surface area contributed by atoms with Crippen molar-refractivity contribution in [3.63, 3.8) is 0 Å². The van der Waals surface area contributed by atoms with Gasteiger partial charge in [0.15, 0.2) is 21.6 Å². The van der Waals surface area contributed by atoms with Crippen LogP contribution in [0.25, 0.3) is 5.69 Å². The number of aromatic amines is 1. The van der Waals surface area contributed by atoms with E-state index >= 15 is 0 Å². The molecule has 214 valence electrons. The molecule has 0 aliphatic heterocycles. The Morgan fingerprint density at radius 2 is 1.73 bits per heavy atom. The molecule has 16 nitrogen and oxygen atoms in total. The Hall–Kier alpha value is -3.55. The molecule has 2 aromatic carbocycles. The van der Waals surface area contributed by atoms with Gasteiger partial charge in [0.1, 0.15) is 10.6 Å². The number of nitrogens with one attached hydrogen (secondary N) is 1. The van der Waals surface area contributed by atoms with E-state index < -0.39 is 53.2 Å². The van der Waals surface area contributed by atoms with Gasteiger partial charge in [-0.05, 0) is 49.4 Å². The summed E-state index contributed by atoms with van der Waals surface area (Å²) >= 11 is 0.562. The first-order valence-corrected chi connectivity index (χ1v) is 15.6. The number of sulfone groups is 1. The van der Waals surface area contributed by atoms with Crippen molar-refractivity contribution in [3.8, 4) is 18.2 Å². The van der Waals surface area contributed by atoms with Gasteiger partial charge in [0, 0.05) is 4.90 Å². The highest BCUT2D eigenvalue weighted by molar-refractivity contribution is 7.94. The fourth-order valence-corrected chi connectivity index (χ4v) is 5.68. The van der Waals surface area contributed by atoms with Crippen LogP contribution in [0.4, 0.5) is 11.4 Å². The molecule has 3 N–H and O–H groups in total. The van der Waals surface area contributed by atoms with Gasteiger partial charge in [-0.15, -0.1) is 10.2 Å². The molecular formula is C20H18N4O12S4. The zero-order chi connectivity index (χ0) is 29.7. The van der Waals surface area contributed by atoms with Crippen molar-refractivity contribution in [2.45, 2.75) is 21.6 Å². The summed E-state index contributed by atoms with van der Waals surface area (Å²) in [6.45, 7) is 0.675. The second kappa shape index (κ2) is 12.3. The van der Waals surface area contributed by atoms with Crippen LogP contribution in [-0.4, -0.2) is 56.5 Å². The summed E-state index contributed by atoms with van der Waals surface area (Å²) < 4.78 is 97.4. The average molecular weight is 635 g/mol. The Morgan fingerprint density at radius 1 is 1.05 bits per heavy atom. The molecular weight excluding hydrogens is 617 g/mol. The number of rotatable bonds is 12. The molecule has 0 bridgehead atoms. The van der Waals surface area contributed by atoms with Gasteiger partial charge in [-0.2, -0.15) is 16.8 Å². The second-order valence-corrected chi connectivity index (χ2v) is 12.8. The zero-order valence-corrected chi connectivity index (χ0v) is 23.3. The second-order valence-electron chi connectivity index (χ2n) is 7.45. The highest BCUT2D eigenvalue weighted by Crippen LogP contribution is 2.31. The van der Waals surface area contributed by atoms with Gasteiger partial charge >= 0.3 is 10.4 Å². The lowest BCUT2D eigenvalue weighted by Gasteiger charge is -2.06. The molecule has 40 heavy (non-hydrogen) atoms. The predicted octanol–water partition coefficient (Wildman–Crippen LogP) is 2.28. The van der Waals surface area contributed by atoms with Crippen LogP contribution in [0.15, 0.2) is 72.2 Å². The van der Waals surface area contributed by atoms with Crippen LogP contribution in [0.3, 0.4) is 0 Å². The largest absolute Gasteiger partial charge is 0.397 e. The lowest BCUT2D eigenvalue weighted by Crippen LogP contribution is -2.16. The number of aromatic nitrogens is 2. The highest BCUT2D eigenvalue weighted by Gasteiger charge is 2.20. The Labute approximate surface area is 231 Å². The number of nitrogens with zero attached hydrogens (tertiary/aromatic N) is 3. The fourth-order valence-electron chi connectivity index (χ4n) is 3.02. The van der Waals surface area contributed by atoms with Crippen molar-refractivity contribution in [2.24, 2.45) is 10.2 Å². The standard InChI is InChI=1S/C20H18N4O12S4/c1-3-34-36-37-15-6-9-17(18(12-15)39(28,29)30)21-22-19-13(2)23-24(20(19)25)14-4-7-16(8-5-14)38(26,27)11-10-35-40(31,32)33/h1,4-9,12,23H,10-11H2,2H3,(H,28,29,30)(H,31,32,33). The third-order valence-corrected chi connectivity index (χ3v) is 8.38. The monoisotopic (exact) mass is 634 g/mol. The summed E-state index contributed by atoms with van der Waals surface area (Å²) in [6.07, 6.45) is 6.61. The molecule has 0 unspecified atom stereocenters. The van der Waals surface area contributed by atoms with Crippen LogP contribution in [0, 0.1) is 19.5 Å². The van der Waals surface area contributed by atoms with E-state index in [0.29, 0.717) is 12.0 Å². The van der Waals surface area contributed by atoms with Crippen LogP contribution in [0.2, 0.25) is 0 Å². The van der Waals surface area contributed by atoms with Crippen LogP contribution in [0.5, 0.6) is 0 Å². The molecule has 1 heterocycles. The number of aryl methyl sites for hydroxylation is 1. The Balaban J connectivity index is 1.87. The lowest BCUT2D eigenvalue weighted by atomic mass is 10.3. The van der Waals surface area contributed by atoms with Crippen molar-refractivity contribution in [1.82, 2.24) is 9.78 Å². The molecule has 1 aromatic heterocycles. The normalized spacial score (nSPS) is 12.4. The Bertz CT molecular complexity index is 1850. The van der Waals surface area contributed by atoms with E-state index in [1.165, 1.54) is 31.2 Å². The molecule has 0 spiro atoms. The third-order valence-electron chi connectivity index (χ3n) is 4.76. The number of hydrogen-bond acceptors (Lipinski definition) is 13. The highest BCUT2D eigenvalue weighted by atomic mass is 32.3. The Morgan fingerprint density at radius 3 is 2.33 bits per heavy atom. The molecule has 3 rings (SSSR count). The SMILES string of the molecule is C#COOSc1ccc(N=Nc2c(C)[nH]n(-c3ccc(S(=O)(=O)CCOS(=O)(=O)O)cc3)c2=O)c(S(=O)(=O)O)c1. The van der Waals surface area contributed by atoms with E-state index in [1.807, 2.05) is 0 Å². The average Bonchev–Trinajstić information content (AvgIpc) is 3.14.